The number of alkyl halides is 3. The molecule has 1 heterocycles. The molecule has 1 atom stereocenters. The van der Waals surface area contributed by atoms with Crippen molar-refractivity contribution in [3.05, 3.63) is 29.8 Å². The van der Waals surface area contributed by atoms with Gasteiger partial charge in [0.05, 0.1) is 11.5 Å². The summed E-state index contributed by atoms with van der Waals surface area (Å²) in [6, 6.07) is 4.81. The number of anilines is 1. The molecule has 2 N–H and O–H groups in total. The zero-order valence-corrected chi connectivity index (χ0v) is 14.1. The minimum Gasteiger partial charge on any atom is -0.481 e. The molecule has 142 valence electrons. The molecule has 0 bridgehead atoms. The number of hydrogen-bond acceptors (Lipinski definition) is 3. The predicted molar refractivity (Wildman–Crippen MR) is 88.7 cm³/mol. The molecule has 5 nitrogen and oxygen atoms in total. The van der Waals surface area contributed by atoms with Crippen LogP contribution in [-0.4, -0.2) is 35.6 Å². The molecule has 3 rings (SSSR count). The normalized spacial score (nSPS) is 27.0. The minimum atomic E-state index is -4.45. The van der Waals surface area contributed by atoms with E-state index in [0.29, 0.717) is 19.4 Å². The van der Waals surface area contributed by atoms with Crippen molar-refractivity contribution in [1.29, 1.82) is 0 Å². The number of carbonyl (C=O) groups is 2. The molecule has 8 heteroatoms. The van der Waals surface area contributed by atoms with E-state index >= 15 is 0 Å². The number of hydrogen-bond donors (Lipinski definition) is 2. The molecule has 0 radical (unpaired) electrons. The molecule has 1 aromatic carbocycles. The van der Waals surface area contributed by atoms with Crippen molar-refractivity contribution in [3.63, 3.8) is 0 Å². The Kier molecular flexibility index (Phi) is 5.22. The molecule has 1 amide bonds. The Morgan fingerprint density at radius 2 is 1.85 bits per heavy atom. The van der Waals surface area contributed by atoms with Crippen molar-refractivity contribution < 1.29 is 27.9 Å². The van der Waals surface area contributed by atoms with Crippen molar-refractivity contribution in [2.24, 2.45) is 5.92 Å². The molecule has 1 saturated carbocycles. The Labute approximate surface area is 149 Å². The zero-order valence-electron chi connectivity index (χ0n) is 14.1. The molecule has 1 unspecified atom stereocenters. The van der Waals surface area contributed by atoms with Crippen LogP contribution in [0.4, 0.5) is 18.9 Å². The van der Waals surface area contributed by atoms with Crippen LogP contribution in [0, 0.1) is 5.92 Å². The van der Waals surface area contributed by atoms with E-state index in [1.807, 2.05) is 0 Å². The van der Waals surface area contributed by atoms with Gasteiger partial charge in [-0.3, -0.25) is 9.59 Å². The average Bonchev–Trinajstić information content (AvgIpc) is 2.95. The molecule has 1 aromatic rings. The van der Waals surface area contributed by atoms with E-state index in [-0.39, 0.29) is 36.0 Å². The molecule has 1 aliphatic heterocycles. The van der Waals surface area contributed by atoms with Crippen LogP contribution in [0.25, 0.3) is 0 Å². The summed E-state index contributed by atoms with van der Waals surface area (Å²) < 4.78 is 38.6. The van der Waals surface area contributed by atoms with Gasteiger partial charge in [-0.1, -0.05) is 6.07 Å². The molecule has 0 aromatic heterocycles. The van der Waals surface area contributed by atoms with Gasteiger partial charge in [0.25, 0.3) is 0 Å². The average molecular weight is 370 g/mol. The van der Waals surface area contributed by atoms with Gasteiger partial charge in [0.1, 0.15) is 0 Å². The summed E-state index contributed by atoms with van der Waals surface area (Å²) in [6.45, 7) is 0.318. The van der Waals surface area contributed by atoms with Gasteiger partial charge in [0.15, 0.2) is 0 Å². The van der Waals surface area contributed by atoms with E-state index in [2.05, 4.69) is 5.32 Å². The van der Waals surface area contributed by atoms with Crippen molar-refractivity contribution in [3.8, 4) is 0 Å². The maximum absolute atomic E-state index is 12.9. The molecular formula is C18H21F3N2O3. The summed E-state index contributed by atoms with van der Waals surface area (Å²) in [5, 5.41) is 12.4. The monoisotopic (exact) mass is 370 g/mol. The van der Waals surface area contributed by atoms with Gasteiger partial charge in [-0.2, -0.15) is 13.2 Å². The van der Waals surface area contributed by atoms with Crippen molar-refractivity contribution in [1.82, 2.24) is 5.32 Å². The largest absolute Gasteiger partial charge is 0.481 e. The second-order valence-corrected chi connectivity index (χ2v) is 7.01. The van der Waals surface area contributed by atoms with Crippen LogP contribution < -0.4 is 10.2 Å². The van der Waals surface area contributed by atoms with Crippen LogP contribution in [0.15, 0.2) is 24.3 Å². The Morgan fingerprint density at radius 1 is 1.15 bits per heavy atom. The summed E-state index contributed by atoms with van der Waals surface area (Å²) in [5.74, 6) is -1.28. The number of carboxylic acid groups (broad SMARTS) is 1. The number of nitrogens with zero attached hydrogens (tertiary/aromatic N) is 1. The smallest absolute Gasteiger partial charge is 0.416 e. The van der Waals surface area contributed by atoms with Crippen LogP contribution in [-0.2, 0) is 15.8 Å². The van der Waals surface area contributed by atoms with Crippen LogP contribution in [0.1, 0.15) is 37.7 Å². The lowest BCUT2D eigenvalue weighted by Gasteiger charge is -2.29. The third-order valence-corrected chi connectivity index (χ3v) is 5.16. The minimum absolute atomic E-state index is 0.136. The topological polar surface area (TPSA) is 69.6 Å². The first-order valence-corrected chi connectivity index (χ1v) is 8.70. The Balaban J connectivity index is 1.60. The Morgan fingerprint density at radius 3 is 2.46 bits per heavy atom. The van der Waals surface area contributed by atoms with E-state index in [1.165, 1.54) is 17.0 Å². The van der Waals surface area contributed by atoms with Gasteiger partial charge in [-0.25, -0.2) is 0 Å². The lowest BCUT2D eigenvalue weighted by atomic mass is 9.86. The molecule has 2 fully saturated rings. The fourth-order valence-electron chi connectivity index (χ4n) is 3.76. The van der Waals surface area contributed by atoms with Gasteiger partial charge < -0.3 is 15.3 Å². The lowest BCUT2D eigenvalue weighted by Crippen LogP contribution is -2.42. The highest BCUT2D eigenvalue weighted by atomic mass is 19.4. The Hall–Kier alpha value is -2.09. The fourth-order valence-corrected chi connectivity index (χ4v) is 3.76. The third-order valence-electron chi connectivity index (χ3n) is 5.16. The highest BCUT2D eigenvalue weighted by Gasteiger charge is 2.35. The number of amides is 1. The predicted octanol–water partition coefficient (Wildman–Crippen LogP) is 3.04. The third kappa shape index (κ3) is 4.17. The second kappa shape index (κ2) is 7.26. The highest BCUT2D eigenvalue weighted by molar-refractivity contribution is 5.96. The number of aliphatic carboxylic acids is 1. The summed E-state index contributed by atoms with van der Waals surface area (Å²) in [5.41, 5.74) is -0.519. The first kappa shape index (κ1) is 18.7. The van der Waals surface area contributed by atoms with E-state index in [4.69, 9.17) is 5.11 Å². The summed E-state index contributed by atoms with van der Waals surface area (Å²) in [6.07, 6.45) is -1.55. The number of benzene rings is 1. The first-order valence-electron chi connectivity index (χ1n) is 8.70. The number of carboxylic acids is 1. The number of nitrogens with one attached hydrogen (secondary N) is 1. The van der Waals surface area contributed by atoms with Crippen molar-refractivity contribution in [2.75, 3.05) is 11.4 Å². The molecule has 1 saturated heterocycles. The van der Waals surface area contributed by atoms with Crippen LogP contribution in [0.3, 0.4) is 0 Å². The molecular weight excluding hydrogens is 349 g/mol. The van der Waals surface area contributed by atoms with Crippen LogP contribution >= 0.6 is 0 Å². The maximum Gasteiger partial charge on any atom is 0.416 e. The summed E-state index contributed by atoms with van der Waals surface area (Å²) >= 11 is 0. The van der Waals surface area contributed by atoms with Gasteiger partial charge in [-0.15, -0.1) is 0 Å². The molecule has 2 aliphatic rings. The Bertz CT molecular complexity index is 685. The number of carbonyl (C=O) groups excluding carboxylic acids is 1. The van der Waals surface area contributed by atoms with Crippen molar-refractivity contribution in [2.45, 2.75) is 50.4 Å². The molecule has 26 heavy (non-hydrogen) atoms. The van der Waals surface area contributed by atoms with E-state index in [9.17, 15) is 22.8 Å². The summed E-state index contributed by atoms with van der Waals surface area (Å²) in [4.78, 5) is 24.6. The van der Waals surface area contributed by atoms with E-state index < -0.39 is 17.7 Å². The lowest BCUT2D eigenvalue weighted by molar-refractivity contribution is -0.143. The van der Waals surface area contributed by atoms with E-state index in [1.54, 1.807) is 0 Å². The number of rotatable bonds is 4. The van der Waals surface area contributed by atoms with Gasteiger partial charge >= 0.3 is 12.1 Å². The standard InChI is InChI=1S/C18H21F3N2O3/c19-18(20,21)12-2-1-3-15(8-12)23-10-14(9-16(23)24)22-13-6-4-11(5-7-13)17(25)26/h1-3,8,11,13-14,22H,4-7,9-10H2,(H,25,26). The molecule has 1 aliphatic carbocycles. The first-order chi connectivity index (χ1) is 12.2. The van der Waals surface area contributed by atoms with Crippen LogP contribution in [0.5, 0.6) is 0 Å². The van der Waals surface area contributed by atoms with Gasteiger partial charge in [0.2, 0.25) is 5.91 Å². The maximum atomic E-state index is 12.9. The SMILES string of the molecule is O=C(O)C1CCC(NC2CC(=O)N(c3cccc(C(F)(F)F)c3)C2)CC1. The zero-order chi connectivity index (χ0) is 18.9. The fraction of sp³-hybridized carbons (Fsp3) is 0.556. The second-order valence-electron chi connectivity index (χ2n) is 7.01. The van der Waals surface area contributed by atoms with Crippen molar-refractivity contribution >= 4 is 17.6 Å². The number of halogens is 3. The molecule has 0 spiro atoms. The van der Waals surface area contributed by atoms with Crippen LogP contribution in [0.2, 0.25) is 0 Å². The van der Waals surface area contributed by atoms with E-state index in [0.717, 1.165) is 25.0 Å². The summed E-state index contributed by atoms with van der Waals surface area (Å²) in [7, 11) is 0. The van der Waals surface area contributed by atoms with Gasteiger partial charge in [0, 0.05) is 30.7 Å². The quantitative estimate of drug-likeness (QED) is 0.855. The highest BCUT2D eigenvalue weighted by Crippen LogP contribution is 2.33. The van der Waals surface area contributed by atoms with Gasteiger partial charge in [-0.05, 0) is 43.9 Å².